The number of rotatable bonds is 5. The lowest BCUT2D eigenvalue weighted by Crippen LogP contribution is -2.43. The minimum Gasteiger partial charge on any atom is -0.349 e. The molecule has 5 nitrogen and oxygen atoms in total. The molecule has 1 fully saturated rings. The summed E-state index contributed by atoms with van der Waals surface area (Å²) in [6.07, 6.45) is 6.00. The van der Waals surface area contributed by atoms with Gasteiger partial charge in [-0.2, -0.15) is 0 Å². The van der Waals surface area contributed by atoms with Gasteiger partial charge in [0.15, 0.2) is 0 Å². The van der Waals surface area contributed by atoms with Crippen molar-refractivity contribution in [2.75, 3.05) is 19.6 Å². The van der Waals surface area contributed by atoms with Gasteiger partial charge in [0, 0.05) is 42.1 Å². The summed E-state index contributed by atoms with van der Waals surface area (Å²) in [5.41, 5.74) is 4.56. The first-order valence-corrected chi connectivity index (χ1v) is 10.9. The predicted molar refractivity (Wildman–Crippen MR) is 109 cm³/mol. The maximum Gasteiger partial charge on any atom is 0.252 e. The maximum absolute atomic E-state index is 12.7. The van der Waals surface area contributed by atoms with E-state index in [0.717, 1.165) is 69.7 Å². The predicted octanol–water partition coefficient (Wildman–Crippen LogP) is 2.75. The van der Waals surface area contributed by atoms with Gasteiger partial charge in [0.05, 0.1) is 11.3 Å². The summed E-state index contributed by atoms with van der Waals surface area (Å²) in [6.45, 7) is 6.91. The van der Waals surface area contributed by atoms with E-state index >= 15 is 0 Å². The Labute approximate surface area is 165 Å². The first-order valence-electron chi connectivity index (χ1n) is 10.00. The monoisotopic (exact) mass is 384 g/mol. The van der Waals surface area contributed by atoms with Gasteiger partial charge in [0.1, 0.15) is 0 Å². The van der Waals surface area contributed by atoms with E-state index in [1.54, 1.807) is 11.3 Å². The van der Waals surface area contributed by atoms with Gasteiger partial charge < -0.3 is 10.6 Å². The van der Waals surface area contributed by atoms with Crippen LogP contribution in [-0.4, -0.2) is 41.5 Å². The van der Waals surface area contributed by atoms with E-state index in [4.69, 9.17) is 0 Å². The molecule has 0 aliphatic carbocycles. The van der Waals surface area contributed by atoms with E-state index in [0.29, 0.717) is 6.04 Å². The summed E-state index contributed by atoms with van der Waals surface area (Å²) in [5.74, 6) is 0.115. The average Bonchev–Trinajstić information content (AvgIpc) is 3.13. The van der Waals surface area contributed by atoms with Crippen LogP contribution >= 0.6 is 11.3 Å². The third-order valence-electron chi connectivity index (χ3n) is 5.62. The molecule has 2 N–H and O–H groups in total. The first kappa shape index (κ1) is 18.6. The van der Waals surface area contributed by atoms with Gasteiger partial charge in [0.2, 0.25) is 0 Å². The van der Waals surface area contributed by atoms with Crippen molar-refractivity contribution in [2.24, 2.45) is 0 Å². The summed E-state index contributed by atoms with van der Waals surface area (Å²) in [7, 11) is 0. The van der Waals surface area contributed by atoms with E-state index in [2.05, 4.69) is 45.0 Å². The second-order valence-corrected chi connectivity index (χ2v) is 8.49. The number of aryl methyl sites for hydroxylation is 1. The molecule has 2 aliphatic heterocycles. The lowest BCUT2D eigenvalue weighted by molar-refractivity contribution is 0.0928. The molecule has 0 aromatic carbocycles. The Morgan fingerprint density at radius 3 is 2.96 bits per heavy atom. The van der Waals surface area contributed by atoms with Crippen LogP contribution in [-0.2, 0) is 25.9 Å². The zero-order valence-corrected chi connectivity index (χ0v) is 16.8. The molecule has 4 heterocycles. The molecule has 6 heteroatoms. The molecule has 1 saturated heterocycles. The van der Waals surface area contributed by atoms with E-state index in [1.165, 1.54) is 16.0 Å². The first-order chi connectivity index (χ1) is 13.2. The molecule has 2 aromatic rings. The van der Waals surface area contributed by atoms with Crippen LogP contribution in [0, 0.1) is 0 Å². The standard InChI is InChI=1S/C21H28N4OS/c1-2-15-3-4-17(23-11-15)12-25-10-7-18-19(14-27-20(18)13-25)21(26)24-16-5-8-22-9-6-16/h3-4,11,14,16,22H,2,5-10,12-13H2,1H3,(H,24,26). The number of aromatic nitrogens is 1. The molecule has 0 atom stereocenters. The minimum atomic E-state index is 0.115. The van der Waals surface area contributed by atoms with Crippen LogP contribution in [0.25, 0.3) is 0 Å². The molecule has 2 aromatic heterocycles. The van der Waals surface area contributed by atoms with Crippen molar-refractivity contribution >= 4 is 17.2 Å². The Bertz CT molecular complexity index is 780. The van der Waals surface area contributed by atoms with Crippen molar-refractivity contribution < 1.29 is 4.79 Å². The normalized spacial score (nSPS) is 18.3. The van der Waals surface area contributed by atoms with Crippen LogP contribution in [0.15, 0.2) is 23.7 Å². The molecule has 0 radical (unpaired) electrons. The number of hydrogen-bond donors (Lipinski definition) is 2. The van der Waals surface area contributed by atoms with Crippen LogP contribution in [0.5, 0.6) is 0 Å². The Hall–Kier alpha value is -1.76. The number of amides is 1. The number of nitrogens with one attached hydrogen (secondary N) is 2. The molecule has 0 spiro atoms. The van der Waals surface area contributed by atoms with Gasteiger partial charge in [0.25, 0.3) is 5.91 Å². The number of carbonyl (C=O) groups is 1. The zero-order chi connectivity index (χ0) is 18.6. The van der Waals surface area contributed by atoms with Gasteiger partial charge >= 0.3 is 0 Å². The lowest BCUT2D eigenvalue weighted by Gasteiger charge is -2.27. The molecule has 2 aliphatic rings. The highest BCUT2D eigenvalue weighted by Gasteiger charge is 2.25. The van der Waals surface area contributed by atoms with Gasteiger partial charge in [-0.25, -0.2) is 0 Å². The van der Waals surface area contributed by atoms with Crippen molar-refractivity contribution in [3.63, 3.8) is 0 Å². The van der Waals surface area contributed by atoms with Crippen molar-refractivity contribution in [1.82, 2.24) is 20.5 Å². The minimum absolute atomic E-state index is 0.115. The summed E-state index contributed by atoms with van der Waals surface area (Å²) in [4.78, 5) is 21.1. The number of hydrogen-bond acceptors (Lipinski definition) is 5. The van der Waals surface area contributed by atoms with Gasteiger partial charge in [-0.3, -0.25) is 14.7 Å². The molecule has 0 bridgehead atoms. The fourth-order valence-electron chi connectivity index (χ4n) is 3.92. The summed E-state index contributed by atoms with van der Waals surface area (Å²) >= 11 is 1.73. The number of thiophene rings is 1. The Morgan fingerprint density at radius 2 is 2.22 bits per heavy atom. The maximum atomic E-state index is 12.7. The summed E-state index contributed by atoms with van der Waals surface area (Å²) in [5, 5.41) is 8.64. The molecule has 0 saturated carbocycles. The van der Waals surface area contributed by atoms with Crippen molar-refractivity contribution in [1.29, 1.82) is 0 Å². The highest BCUT2D eigenvalue weighted by molar-refractivity contribution is 7.10. The Kier molecular flexibility index (Phi) is 5.86. The number of fused-ring (bicyclic) bond motifs is 1. The number of nitrogens with zero attached hydrogens (tertiary/aromatic N) is 2. The highest BCUT2D eigenvalue weighted by Crippen LogP contribution is 2.29. The Morgan fingerprint density at radius 1 is 1.37 bits per heavy atom. The van der Waals surface area contributed by atoms with E-state index in [9.17, 15) is 4.79 Å². The van der Waals surface area contributed by atoms with E-state index in [-0.39, 0.29) is 5.91 Å². The molecule has 1 amide bonds. The fourth-order valence-corrected chi connectivity index (χ4v) is 5.04. The quantitative estimate of drug-likeness (QED) is 0.832. The van der Waals surface area contributed by atoms with Crippen molar-refractivity contribution in [2.45, 2.75) is 51.7 Å². The Balaban J connectivity index is 1.38. The number of pyridine rings is 1. The topological polar surface area (TPSA) is 57.3 Å². The zero-order valence-electron chi connectivity index (χ0n) is 16.0. The second-order valence-electron chi connectivity index (χ2n) is 7.52. The molecular formula is C21H28N4OS. The number of piperidine rings is 1. The van der Waals surface area contributed by atoms with Crippen LogP contribution in [0.1, 0.15) is 51.8 Å². The summed E-state index contributed by atoms with van der Waals surface area (Å²) < 4.78 is 0. The van der Waals surface area contributed by atoms with Crippen molar-refractivity contribution in [3.8, 4) is 0 Å². The third-order valence-corrected chi connectivity index (χ3v) is 6.64. The smallest absolute Gasteiger partial charge is 0.252 e. The van der Waals surface area contributed by atoms with Gasteiger partial charge in [-0.15, -0.1) is 11.3 Å². The van der Waals surface area contributed by atoms with Crippen molar-refractivity contribution in [3.05, 3.63) is 51.0 Å². The average molecular weight is 385 g/mol. The largest absolute Gasteiger partial charge is 0.349 e. The number of carbonyl (C=O) groups excluding carboxylic acids is 1. The lowest BCUT2D eigenvalue weighted by atomic mass is 10.0. The van der Waals surface area contributed by atoms with Crippen LogP contribution in [0.2, 0.25) is 0 Å². The van der Waals surface area contributed by atoms with E-state index in [1.807, 2.05) is 6.20 Å². The highest BCUT2D eigenvalue weighted by atomic mass is 32.1. The molecule has 144 valence electrons. The molecule has 4 rings (SSSR count). The summed E-state index contributed by atoms with van der Waals surface area (Å²) in [6, 6.07) is 4.62. The third kappa shape index (κ3) is 4.39. The second kappa shape index (κ2) is 8.50. The molecule has 0 unspecified atom stereocenters. The fraction of sp³-hybridized carbons (Fsp3) is 0.524. The van der Waals surface area contributed by atoms with Crippen LogP contribution in [0.4, 0.5) is 0 Å². The van der Waals surface area contributed by atoms with Crippen LogP contribution < -0.4 is 10.6 Å². The van der Waals surface area contributed by atoms with Crippen LogP contribution in [0.3, 0.4) is 0 Å². The SMILES string of the molecule is CCc1ccc(CN2CCc3c(C(=O)NC4CCNCC4)csc3C2)nc1. The molecule has 27 heavy (non-hydrogen) atoms. The van der Waals surface area contributed by atoms with Gasteiger partial charge in [-0.05, 0) is 56.0 Å². The van der Waals surface area contributed by atoms with E-state index < -0.39 is 0 Å². The van der Waals surface area contributed by atoms with Gasteiger partial charge in [-0.1, -0.05) is 13.0 Å². The molecular weight excluding hydrogens is 356 g/mol.